The molecule has 0 bridgehead atoms. The summed E-state index contributed by atoms with van der Waals surface area (Å²) in [4.78, 5) is 26.7. The molecular formula is C20H20N4O2. The molecule has 1 saturated heterocycles. The Bertz CT molecular complexity index is 935. The van der Waals surface area contributed by atoms with E-state index in [0.29, 0.717) is 18.8 Å². The highest BCUT2D eigenvalue weighted by atomic mass is 16.2. The topological polar surface area (TPSA) is 78.1 Å². The Hall–Kier alpha value is -3.15. The second kappa shape index (κ2) is 7.00. The highest BCUT2D eigenvalue weighted by Gasteiger charge is 2.34. The third-order valence-electron chi connectivity index (χ3n) is 4.83. The van der Waals surface area contributed by atoms with Crippen molar-refractivity contribution in [3.63, 3.8) is 0 Å². The maximum atomic E-state index is 12.6. The van der Waals surface area contributed by atoms with Crippen molar-refractivity contribution < 1.29 is 9.59 Å². The van der Waals surface area contributed by atoms with E-state index in [4.69, 9.17) is 0 Å². The van der Waals surface area contributed by atoms with Crippen molar-refractivity contribution in [3.05, 3.63) is 60.3 Å². The third-order valence-corrected chi connectivity index (χ3v) is 4.83. The molecule has 132 valence electrons. The number of carbonyl (C=O) groups is 2. The number of hydrogen-bond donors (Lipinski definition) is 2. The van der Waals surface area contributed by atoms with Crippen LogP contribution in [0.2, 0.25) is 0 Å². The molecule has 26 heavy (non-hydrogen) atoms. The second-order valence-corrected chi connectivity index (χ2v) is 6.61. The number of aromatic nitrogens is 2. The quantitative estimate of drug-likeness (QED) is 0.744. The van der Waals surface area contributed by atoms with Crippen molar-refractivity contribution in [2.75, 3.05) is 18.4 Å². The minimum Gasteiger partial charge on any atom is -0.342 e. The molecule has 1 atom stereocenters. The SMILES string of the molecule is O=C(Nc1cccc2cn[nH]c12)C1CC(=O)N(CCc2ccccc2)C1. The summed E-state index contributed by atoms with van der Waals surface area (Å²) < 4.78 is 0. The van der Waals surface area contributed by atoms with Gasteiger partial charge >= 0.3 is 0 Å². The van der Waals surface area contributed by atoms with Crippen LogP contribution in [0.1, 0.15) is 12.0 Å². The van der Waals surface area contributed by atoms with Crippen LogP contribution >= 0.6 is 0 Å². The van der Waals surface area contributed by atoms with Crippen molar-refractivity contribution in [3.8, 4) is 0 Å². The molecule has 2 N–H and O–H groups in total. The van der Waals surface area contributed by atoms with Crippen LogP contribution in [0.4, 0.5) is 5.69 Å². The number of benzene rings is 2. The standard InChI is InChI=1S/C20H20N4O2/c25-18-11-16(13-24(18)10-9-14-5-2-1-3-6-14)20(26)22-17-8-4-7-15-12-21-23-19(15)17/h1-8,12,16H,9-11,13H2,(H,21,23)(H,22,26). The van der Waals surface area contributed by atoms with Gasteiger partial charge in [0.2, 0.25) is 11.8 Å². The molecule has 1 aromatic heterocycles. The average Bonchev–Trinajstić information content (AvgIpc) is 3.28. The number of hydrogen-bond acceptors (Lipinski definition) is 3. The van der Waals surface area contributed by atoms with Gasteiger partial charge < -0.3 is 10.2 Å². The van der Waals surface area contributed by atoms with Crippen LogP contribution in [-0.2, 0) is 16.0 Å². The van der Waals surface area contributed by atoms with Crippen molar-refractivity contribution in [1.29, 1.82) is 0 Å². The Balaban J connectivity index is 1.38. The van der Waals surface area contributed by atoms with E-state index in [0.717, 1.165) is 17.3 Å². The zero-order valence-electron chi connectivity index (χ0n) is 14.3. The van der Waals surface area contributed by atoms with Gasteiger partial charge in [-0.05, 0) is 18.1 Å². The van der Waals surface area contributed by atoms with Gasteiger partial charge in [-0.1, -0.05) is 42.5 Å². The molecule has 1 fully saturated rings. The van der Waals surface area contributed by atoms with Crippen molar-refractivity contribution in [2.45, 2.75) is 12.8 Å². The lowest BCUT2D eigenvalue weighted by Crippen LogP contribution is -2.30. The van der Waals surface area contributed by atoms with Gasteiger partial charge in [0.05, 0.1) is 23.3 Å². The smallest absolute Gasteiger partial charge is 0.229 e. The molecule has 0 saturated carbocycles. The van der Waals surface area contributed by atoms with Gasteiger partial charge in [-0.15, -0.1) is 0 Å². The van der Waals surface area contributed by atoms with Crippen LogP contribution in [0.25, 0.3) is 10.9 Å². The summed E-state index contributed by atoms with van der Waals surface area (Å²) in [5.41, 5.74) is 2.69. The van der Waals surface area contributed by atoms with Crippen molar-refractivity contribution in [2.24, 2.45) is 5.92 Å². The zero-order valence-corrected chi connectivity index (χ0v) is 14.3. The van der Waals surface area contributed by atoms with E-state index in [1.807, 2.05) is 36.4 Å². The molecule has 0 aliphatic carbocycles. The first-order chi connectivity index (χ1) is 12.7. The number of likely N-dealkylation sites (tertiary alicyclic amines) is 1. The first kappa shape index (κ1) is 16.3. The molecule has 1 aliphatic heterocycles. The van der Waals surface area contributed by atoms with E-state index in [9.17, 15) is 9.59 Å². The molecular weight excluding hydrogens is 328 g/mol. The third kappa shape index (κ3) is 3.31. The first-order valence-electron chi connectivity index (χ1n) is 8.75. The fourth-order valence-electron chi connectivity index (χ4n) is 3.38. The van der Waals surface area contributed by atoms with Gasteiger partial charge in [0, 0.05) is 24.9 Å². The number of H-pyrrole nitrogens is 1. The van der Waals surface area contributed by atoms with E-state index < -0.39 is 0 Å². The fourth-order valence-corrected chi connectivity index (χ4v) is 3.38. The maximum Gasteiger partial charge on any atom is 0.229 e. The number of rotatable bonds is 5. The summed E-state index contributed by atoms with van der Waals surface area (Å²) in [5, 5.41) is 10.8. The molecule has 1 aliphatic rings. The van der Waals surface area contributed by atoms with Crippen LogP contribution < -0.4 is 5.32 Å². The lowest BCUT2D eigenvalue weighted by atomic mass is 10.1. The van der Waals surface area contributed by atoms with Gasteiger partial charge in [-0.2, -0.15) is 5.10 Å². The van der Waals surface area contributed by atoms with Gasteiger partial charge in [0.15, 0.2) is 0 Å². The average molecular weight is 348 g/mol. The minimum atomic E-state index is -0.323. The normalized spacial score (nSPS) is 17.0. The van der Waals surface area contributed by atoms with E-state index in [2.05, 4.69) is 27.6 Å². The highest BCUT2D eigenvalue weighted by Crippen LogP contribution is 2.24. The lowest BCUT2D eigenvalue weighted by molar-refractivity contribution is -0.128. The Labute approximate surface area is 151 Å². The molecule has 6 heteroatoms. The summed E-state index contributed by atoms with van der Waals surface area (Å²) >= 11 is 0. The van der Waals surface area contributed by atoms with Gasteiger partial charge in [0.1, 0.15) is 0 Å². The van der Waals surface area contributed by atoms with Gasteiger partial charge in [0.25, 0.3) is 0 Å². The Morgan fingerprint density at radius 2 is 2.04 bits per heavy atom. The Morgan fingerprint density at radius 1 is 1.19 bits per heavy atom. The lowest BCUT2D eigenvalue weighted by Gasteiger charge is -2.16. The minimum absolute atomic E-state index is 0.0424. The van der Waals surface area contributed by atoms with Crippen LogP contribution in [0.3, 0.4) is 0 Å². The number of para-hydroxylation sites is 1. The van der Waals surface area contributed by atoms with E-state index >= 15 is 0 Å². The molecule has 0 radical (unpaired) electrons. The van der Waals surface area contributed by atoms with Crippen LogP contribution in [-0.4, -0.2) is 40.0 Å². The second-order valence-electron chi connectivity index (χ2n) is 6.61. The highest BCUT2D eigenvalue weighted by molar-refractivity contribution is 6.02. The molecule has 3 aromatic rings. The molecule has 4 rings (SSSR count). The first-order valence-corrected chi connectivity index (χ1v) is 8.75. The zero-order chi connectivity index (χ0) is 17.9. The summed E-state index contributed by atoms with van der Waals surface area (Å²) in [5.74, 6) is -0.403. The number of nitrogens with one attached hydrogen (secondary N) is 2. The predicted octanol–water partition coefficient (Wildman–Crippen LogP) is 2.59. The Kier molecular flexibility index (Phi) is 4.39. The number of carbonyl (C=O) groups excluding carboxylic acids is 2. The van der Waals surface area contributed by atoms with E-state index in [1.165, 1.54) is 5.56 Å². The number of anilines is 1. The number of nitrogens with zero attached hydrogens (tertiary/aromatic N) is 2. The Morgan fingerprint density at radius 3 is 2.88 bits per heavy atom. The molecule has 2 amide bonds. The summed E-state index contributed by atoms with van der Waals surface area (Å²) in [6.07, 6.45) is 2.78. The monoisotopic (exact) mass is 348 g/mol. The predicted molar refractivity (Wildman–Crippen MR) is 99.6 cm³/mol. The number of fused-ring (bicyclic) bond motifs is 1. The van der Waals surface area contributed by atoms with Crippen molar-refractivity contribution >= 4 is 28.4 Å². The molecule has 0 spiro atoms. The molecule has 2 heterocycles. The van der Waals surface area contributed by atoms with E-state index in [-0.39, 0.29) is 24.2 Å². The van der Waals surface area contributed by atoms with Crippen LogP contribution in [0, 0.1) is 5.92 Å². The van der Waals surface area contributed by atoms with Crippen LogP contribution in [0.5, 0.6) is 0 Å². The number of amides is 2. The largest absolute Gasteiger partial charge is 0.342 e. The molecule has 2 aromatic carbocycles. The van der Waals surface area contributed by atoms with Crippen molar-refractivity contribution in [1.82, 2.24) is 15.1 Å². The van der Waals surface area contributed by atoms with E-state index in [1.54, 1.807) is 11.1 Å². The number of aromatic amines is 1. The van der Waals surface area contributed by atoms with Gasteiger partial charge in [-0.3, -0.25) is 14.7 Å². The maximum absolute atomic E-state index is 12.6. The molecule has 6 nitrogen and oxygen atoms in total. The summed E-state index contributed by atoms with van der Waals surface area (Å²) in [6, 6.07) is 15.7. The summed E-state index contributed by atoms with van der Waals surface area (Å²) in [6.45, 7) is 1.11. The van der Waals surface area contributed by atoms with Gasteiger partial charge in [-0.25, -0.2) is 0 Å². The fraction of sp³-hybridized carbons (Fsp3) is 0.250. The molecule has 1 unspecified atom stereocenters. The summed E-state index contributed by atoms with van der Waals surface area (Å²) in [7, 11) is 0. The van der Waals surface area contributed by atoms with Crippen LogP contribution in [0.15, 0.2) is 54.7 Å².